The molecular weight excluding hydrogens is 417 g/mol. The summed E-state index contributed by atoms with van der Waals surface area (Å²) in [4.78, 5) is 0. The first-order valence-electron chi connectivity index (χ1n) is 11.9. The van der Waals surface area contributed by atoms with E-state index in [2.05, 4.69) is 129 Å². The zero-order valence-electron chi connectivity index (χ0n) is 20.1. The summed E-state index contributed by atoms with van der Waals surface area (Å²) in [6, 6.07) is 34.4. The fourth-order valence-electron chi connectivity index (χ4n) is 4.83. The number of rotatable bonds is 3. The van der Waals surface area contributed by atoms with Crippen molar-refractivity contribution in [3.63, 3.8) is 0 Å². The van der Waals surface area contributed by atoms with E-state index in [0.29, 0.717) is 0 Å². The Morgan fingerprint density at radius 2 is 1.15 bits per heavy atom. The highest BCUT2D eigenvalue weighted by Crippen LogP contribution is 2.38. The Kier molecular flexibility index (Phi) is 4.74. The van der Waals surface area contributed by atoms with Gasteiger partial charge in [0.15, 0.2) is 0 Å². The van der Waals surface area contributed by atoms with E-state index in [1.165, 1.54) is 27.4 Å². The normalized spacial score (nSPS) is 17.0. The molecule has 1 aliphatic rings. The Bertz CT molecular complexity index is 1490. The van der Waals surface area contributed by atoms with Gasteiger partial charge in [0.25, 0.3) is 0 Å². The van der Waals surface area contributed by atoms with Crippen LogP contribution in [0.5, 0.6) is 0 Å². The molecule has 0 N–H and O–H groups in total. The third kappa shape index (κ3) is 3.29. The lowest BCUT2D eigenvalue weighted by Gasteiger charge is -2.32. The Labute approximate surface area is 201 Å². The molecule has 2 heterocycles. The highest BCUT2D eigenvalue weighted by atomic mass is 16.7. The lowest BCUT2D eigenvalue weighted by molar-refractivity contribution is 0.00578. The quantitative estimate of drug-likeness (QED) is 0.287. The van der Waals surface area contributed by atoms with Gasteiger partial charge in [0.2, 0.25) is 0 Å². The lowest BCUT2D eigenvalue weighted by atomic mass is 9.79. The van der Waals surface area contributed by atoms with Crippen molar-refractivity contribution in [2.45, 2.75) is 38.9 Å². The third-order valence-corrected chi connectivity index (χ3v) is 7.44. The van der Waals surface area contributed by atoms with Gasteiger partial charge in [-0.2, -0.15) is 0 Å². The monoisotopic (exact) mass is 445 g/mol. The predicted molar refractivity (Wildman–Crippen MR) is 142 cm³/mol. The zero-order valence-corrected chi connectivity index (χ0v) is 20.1. The number of para-hydroxylation sites is 1. The van der Waals surface area contributed by atoms with Crippen molar-refractivity contribution in [2.75, 3.05) is 0 Å². The van der Waals surface area contributed by atoms with E-state index in [1.54, 1.807) is 0 Å². The van der Waals surface area contributed by atoms with Crippen molar-refractivity contribution in [3.05, 3.63) is 97.1 Å². The molecule has 168 valence electrons. The van der Waals surface area contributed by atoms with Crippen molar-refractivity contribution in [1.29, 1.82) is 0 Å². The summed E-state index contributed by atoms with van der Waals surface area (Å²) in [5, 5.41) is 2.46. The van der Waals surface area contributed by atoms with Gasteiger partial charge in [-0.05, 0) is 68.6 Å². The molecule has 0 atom stereocenters. The fourth-order valence-corrected chi connectivity index (χ4v) is 4.83. The average molecular weight is 445 g/mol. The van der Waals surface area contributed by atoms with E-state index >= 15 is 0 Å². The van der Waals surface area contributed by atoms with E-state index in [1.807, 2.05) is 0 Å². The predicted octanol–water partition coefficient (Wildman–Crippen LogP) is 6.75. The number of nitrogens with zero attached hydrogens (tertiary/aromatic N) is 1. The summed E-state index contributed by atoms with van der Waals surface area (Å²) in [6.45, 7) is 8.38. The summed E-state index contributed by atoms with van der Waals surface area (Å²) < 4.78 is 15.1. The van der Waals surface area contributed by atoms with E-state index in [9.17, 15) is 0 Å². The summed E-state index contributed by atoms with van der Waals surface area (Å²) in [7, 11) is -0.392. The minimum absolute atomic E-state index is 0.372. The van der Waals surface area contributed by atoms with Gasteiger partial charge in [0, 0.05) is 16.5 Å². The van der Waals surface area contributed by atoms with Gasteiger partial charge in [-0.3, -0.25) is 0 Å². The summed E-state index contributed by atoms with van der Waals surface area (Å²) >= 11 is 0. The van der Waals surface area contributed by atoms with Crippen LogP contribution in [0, 0.1) is 0 Å². The molecule has 0 unspecified atom stereocenters. The molecule has 0 aliphatic carbocycles. The molecule has 1 fully saturated rings. The van der Waals surface area contributed by atoms with Crippen LogP contribution in [-0.2, 0) is 9.31 Å². The topological polar surface area (TPSA) is 23.4 Å². The van der Waals surface area contributed by atoms with Crippen LogP contribution in [0.1, 0.15) is 27.7 Å². The number of fused-ring (bicyclic) bond motifs is 3. The second kappa shape index (κ2) is 7.59. The standard InChI is InChI=1S/C30H28BNO2/c1-29(2)30(3,4)34-31(33-29)23-16-18-26-25-17-15-22(21-11-7-5-8-12-21)19-27(25)32(28(26)20-23)24-13-9-6-10-14-24/h5-20H,1-4H3. The minimum atomic E-state index is -0.392. The van der Waals surface area contributed by atoms with Crippen LogP contribution in [0.3, 0.4) is 0 Å². The van der Waals surface area contributed by atoms with Crippen molar-refractivity contribution >= 4 is 34.4 Å². The number of aromatic nitrogens is 1. The van der Waals surface area contributed by atoms with Gasteiger partial charge >= 0.3 is 7.12 Å². The van der Waals surface area contributed by atoms with E-state index in [-0.39, 0.29) is 11.2 Å². The molecule has 0 amide bonds. The Morgan fingerprint density at radius 3 is 1.79 bits per heavy atom. The summed E-state index contributed by atoms with van der Waals surface area (Å²) in [6.07, 6.45) is 0. The van der Waals surface area contributed by atoms with Crippen LogP contribution < -0.4 is 5.46 Å². The van der Waals surface area contributed by atoms with E-state index in [0.717, 1.165) is 16.7 Å². The first kappa shape index (κ1) is 21.2. The highest BCUT2D eigenvalue weighted by molar-refractivity contribution is 6.62. The summed E-state index contributed by atoms with van der Waals surface area (Å²) in [5.41, 5.74) is 6.19. The second-order valence-corrected chi connectivity index (χ2v) is 10.1. The van der Waals surface area contributed by atoms with Crippen molar-refractivity contribution in [2.24, 2.45) is 0 Å². The molecule has 34 heavy (non-hydrogen) atoms. The molecule has 0 bridgehead atoms. The summed E-state index contributed by atoms with van der Waals surface area (Å²) in [5.74, 6) is 0. The lowest BCUT2D eigenvalue weighted by Crippen LogP contribution is -2.41. The smallest absolute Gasteiger partial charge is 0.399 e. The first-order valence-corrected chi connectivity index (χ1v) is 11.9. The molecule has 0 radical (unpaired) electrons. The molecule has 1 aromatic heterocycles. The second-order valence-electron chi connectivity index (χ2n) is 10.1. The molecule has 3 nitrogen and oxygen atoms in total. The highest BCUT2D eigenvalue weighted by Gasteiger charge is 2.51. The first-order chi connectivity index (χ1) is 16.3. The SMILES string of the molecule is CC1(C)OB(c2ccc3c4ccc(-c5ccccc5)cc4n(-c4ccccc4)c3c2)OC1(C)C. The number of hydrogen-bond donors (Lipinski definition) is 0. The van der Waals surface area contributed by atoms with Crippen LogP contribution in [0.2, 0.25) is 0 Å². The fraction of sp³-hybridized carbons (Fsp3) is 0.200. The van der Waals surface area contributed by atoms with Crippen molar-refractivity contribution in [3.8, 4) is 16.8 Å². The molecule has 5 aromatic rings. The van der Waals surface area contributed by atoms with E-state index in [4.69, 9.17) is 9.31 Å². The molecule has 1 aliphatic heterocycles. The maximum absolute atomic E-state index is 6.36. The van der Waals surface area contributed by atoms with Gasteiger partial charge in [-0.1, -0.05) is 72.8 Å². The molecule has 1 saturated heterocycles. The average Bonchev–Trinajstić information content (AvgIpc) is 3.28. The molecule has 0 saturated carbocycles. The third-order valence-electron chi connectivity index (χ3n) is 7.44. The minimum Gasteiger partial charge on any atom is -0.399 e. The zero-order chi connectivity index (χ0) is 23.5. The van der Waals surface area contributed by atoms with Crippen LogP contribution in [0.4, 0.5) is 0 Å². The number of hydrogen-bond acceptors (Lipinski definition) is 2. The molecule has 4 aromatic carbocycles. The van der Waals surface area contributed by atoms with Gasteiger partial charge in [-0.15, -0.1) is 0 Å². The van der Waals surface area contributed by atoms with Crippen LogP contribution in [0.25, 0.3) is 38.6 Å². The van der Waals surface area contributed by atoms with Gasteiger partial charge in [0.05, 0.1) is 22.2 Å². The molecular formula is C30H28BNO2. The molecule has 4 heteroatoms. The Balaban J connectivity index is 1.58. The maximum Gasteiger partial charge on any atom is 0.494 e. The largest absolute Gasteiger partial charge is 0.494 e. The molecule has 6 rings (SSSR count). The Morgan fingerprint density at radius 1 is 0.588 bits per heavy atom. The van der Waals surface area contributed by atoms with Crippen molar-refractivity contribution in [1.82, 2.24) is 4.57 Å². The molecule has 0 spiro atoms. The van der Waals surface area contributed by atoms with Crippen LogP contribution in [0.15, 0.2) is 97.1 Å². The van der Waals surface area contributed by atoms with Gasteiger partial charge in [0.1, 0.15) is 0 Å². The van der Waals surface area contributed by atoms with Crippen molar-refractivity contribution < 1.29 is 9.31 Å². The maximum atomic E-state index is 6.36. The van der Waals surface area contributed by atoms with E-state index < -0.39 is 7.12 Å². The number of benzene rings is 4. The van der Waals surface area contributed by atoms with Gasteiger partial charge in [-0.25, -0.2) is 0 Å². The van der Waals surface area contributed by atoms with Crippen LogP contribution in [-0.4, -0.2) is 22.9 Å². The van der Waals surface area contributed by atoms with Gasteiger partial charge < -0.3 is 13.9 Å². The van der Waals surface area contributed by atoms with Crippen LogP contribution >= 0.6 is 0 Å². The Hall–Kier alpha value is -3.34.